The number of fused-ring (bicyclic) bond motifs is 1. The molecule has 2 amide bonds. The summed E-state index contributed by atoms with van der Waals surface area (Å²) in [6.45, 7) is 4.79. The third-order valence-electron chi connectivity index (χ3n) is 6.21. The van der Waals surface area contributed by atoms with E-state index >= 15 is 0 Å². The SMILES string of the molecule is O=C(NCc1cncc(F)c1)Nc1ccc(-n2cc(CCN3CCOCC3)c3ccccc32)cc1.[HH].[HH]. The van der Waals surface area contributed by atoms with Crippen LogP contribution in [0.3, 0.4) is 0 Å². The topological polar surface area (TPSA) is 71.4 Å². The van der Waals surface area contributed by atoms with Gasteiger partial charge in [-0.15, -0.1) is 0 Å². The van der Waals surface area contributed by atoms with E-state index in [9.17, 15) is 9.18 Å². The molecule has 8 heteroatoms. The van der Waals surface area contributed by atoms with Gasteiger partial charge in [-0.2, -0.15) is 0 Å². The number of rotatable bonds is 7. The second-order valence-electron chi connectivity index (χ2n) is 8.61. The Balaban J connectivity index is 0.00000190. The van der Waals surface area contributed by atoms with Crippen LogP contribution >= 0.6 is 0 Å². The van der Waals surface area contributed by atoms with Crippen LogP contribution in [0.5, 0.6) is 0 Å². The highest BCUT2D eigenvalue weighted by atomic mass is 19.1. The van der Waals surface area contributed by atoms with Crippen LogP contribution in [0.4, 0.5) is 14.9 Å². The number of morpholine rings is 1. The second-order valence-corrected chi connectivity index (χ2v) is 8.61. The smallest absolute Gasteiger partial charge is 0.319 e. The molecule has 0 radical (unpaired) electrons. The number of pyridine rings is 1. The summed E-state index contributed by atoms with van der Waals surface area (Å²) in [5, 5.41) is 6.79. The van der Waals surface area contributed by atoms with Gasteiger partial charge in [0.05, 0.1) is 24.9 Å². The molecule has 1 aliphatic rings. The van der Waals surface area contributed by atoms with Gasteiger partial charge in [-0.25, -0.2) is 9.18 Å². The lowest BCUT2D eigenvalue weighted by atomic mass is 10.1. The van der Waals surface area contributed by atoms with Crippen molar-refractivity contribution in [3.63, 3.8) is 0 Å². The lowest BCUT2D eigenvalue weighted by molar-refractivity contribution is 0.0385. The van der Waals surface area contributed by atoms with Crippen LogP contribution in [0, 0.1) is 5.82 Å². The van der Waals surface area contributed by atoms with E-state index in [4.69, 9.17) is 4.74 Å². The molecule has 3 heterocycles. The Hall–Kier alpha value is -3.75. The van der Waals surface area contributed by atoms with Crippen LogP contribution in [0.15, 0.2) is 73.2 Å². The lowest BCUT2D eigenvalue weighted by Gasteiger charge is -2.26. The minimum atomic E-state index is -0.429. The number of para-hydroxylation sites is 1. The van der Waals surface area contributed by atoms with E-state index in [1.165, 1.54) is 23.2 Å². The number of carbonyl (C=O) groups excluding carboxylic acids is 1. The van der Waals surface area contributed by atoms with Crippen molar-refractivity contribution in [2.45, 2.75) is 13.0 Å². The van der Waals surface area contributed by atoms with Crippen molar-refractivity contribution in [1.82, 2.24) is 19.8 Å². The quantitative estimate of drug-likeness (QED) is 0.399. The summed E-state index contributed by atoms with van der Waals surface area (Å²) >= 11 is 0. The molecular weight excluding hydrogens is 445 g/mol. The first-order valence-electron chi connectivity index (χ1n) is 11.8. The van der Waals surface area contributed by atoms with Crippen molar-refractivity contribution in [1.29, 1.82) is 0 Å². The number of urea groups is 1. The second kappa shape index (κ2) is 10.7. The molecule has 35 heavy (non-hydrogen) atoms. The monoisotopic (exact) mass is 477 g/mol. The fourth-order valence-corrected chi connectivity index (χ4v) is 4.38. The number of hydrogen-bond donors (Lipinski definition) is 2. The maximum atomic E-state index is 13.2. The van der Waals surface area contributed by atoms with E-state index in [0.29, 0.717) is 11.3 Å². The molecule has 2 aromatic heterocycles. The van der Waals surface area contributed by atoms with Crippen LogP contribution in [-0.4, -0.2) is 53.3 Å². The summed E-state index contributed by atoms with van der Waals surface area (Å²) in [5.41, 5.74) is 4.77. The third kappa shape index (κ3) is 5.67. The highest BCUT2D eigenvalue weighted by Crippen LogP contribution is 2.26. The Bertz CT molecular complexity index is 1310. The molecule has 0 unspecified atom stereocenters. The number of ether oxygens (including phenoxy) is 1. The fourth-order valence-electron chi connectivity index (χ4n) is 4.38. The number of nitrogens with zero attached hydrogens (tertiary/aromatic N) is 3. The highest BCUT2D eigenvalue weighted by molar-refractivity contribution is 5.89. The van der Waals surface area contributed by atoms with Gasteiger partial charge < -0.3 is 19.9 Å². The van der Waals surface area contributed by atoms with Gasteiger partial charge in [-0.3, -0.25) is 9.88 Å². The summed E-state index contributed by atoms with van der Waals surface area (Å²) in [6.07, 6.45) is 5.85. The lowest BCUT2D eigenvalue weighted by Crippen LogP contribution is -2.37. The Morgan fingerprint density at radius 2 is 1.89 bits per heavy atom. The maximum Gasteiger partial charge on any atom is 0.319 e. The number of hydrogen-bond acceptors (Lipinski definition) is 4. The van der Waals surface area contributed by atoms with Crippen molar-refractivity contribution in [3.8, 4) is 5.69 Å². The van der Waals surface area contributed by atoms with Crippen LogP contribution in [0.25, 0.3) is 16.6 Å². The van der Waals surface area contributed by atoms with Gasteiger partial charge in [0, 0.05) is 58.2 Å². The number of benzene rings is 2. The summed E-state index contributed by atoms with van der Waals surface area (Å²) in [6, 6.07) is 17.2. The zero-order valence-electron chi connectivity index (χ0n) is 19.4. The van der Waals surface area contributed by atoms with Crippen molar-refractivity contribution in [2.24, 2.45) is 0 Å². The van der Waals surface area contributed by atoms with E-state index in [1.807, 2.05) is 24.3 Å². The standard InChI is InChI=1S/C27H28FN5O2.2H2/c28-22-15-20(16-29-18-22)17-30-27(34)31-23-5-7-24(8-6-23)33-19-21(25-3-1-2-4-26(25)33)9-10-32-11-13-35-14-12-32;;/h1-8,15-16,18-19H,9-14,17H2,(H2,30,31,34);2*1H. The largest absolute Gasteiger partial charge is 0.379 e. The van der Waals surface area contributed by atoms with Gasteiger partial charge in [0.1, 0.15) is 5.82 Å². The minimum absolute atomic E-state index is 0. The highest BCUT2D eigenvalue weighted by Gasteiger charge is 2.14. The number of carbonyl (C=O) groups is 1. The molecule has 1 saturated heterocycles. The van der Waals surface area contributed by atoms with E-state index in [2.05, 4.69) is 55.5 Å². The Labute approximate surface area is 206 Å². The third-order valence-corrected chi connectivity index (χ3v) is 6.21. The van der Waals surface area contributed by atoms with Crippen LogP contribution < -0.4 is 10.6 Å². The molecule has 1 fully saturated rings. The molecule has 2 N–H and O–H groups in total. The molecule has 4 aromatic rings. The number of aromatic nitrogens is 2. The fraction of sp³-hybridized carbons (Fsp3) is 0.259. The van der Waals surface area contributed by atoms with Gasteiger partial charge in [0.2, 0.25) is 0 Å². The molecule has 0 bridgehead atoms. The van der Waals surface area contributed by atoms with E-state index in [1.54, 1.807) is 0 Å². The first-order valence-corrected chi connectivity index (χ1v) is 11.8. The average Bonchev–Trinajstić information content (AvgIpc) is 3.26. The van der Waals surface area contributed by atoms with Crippen LogP contribution in [0.2, 0.25) is 0 Å². The molecule has 0 aliphatic carbocycles. The zero-order valence-corrected chi connectivity index (χ0v) is 19.4. The normalized spacial score (nSPS) is 14.2. The molecule has 0 atom stereocenters. The number of nitrogens with one attached hydrogen (secondary N) is 2. The van der Waals surface area contributed by atoms with Gasteiger partial charge >= 0.3 is 6.03 Å². The van der Waals surface area contributed by atoms with Crippen molar-refractivity contribution in [2.75, 3.05) is 38.2 Å². The van der Waals surface area contributed by atoms with Crippen molar-refractivity contribution < 1.29 is 16.8 Å². The van der Waals surface area contributed by atoms with Gasteiger partial charge in [0.15, 0.2) is 0 Å². The Morgan fingerprint density at radius 3 is 2.69 bits per heavy atom. The molecule has 2 aromatic carbocycles. The first kappa shape index (κ1) is 23.0. The first-order chi connectivity index (χ1) is 17.2. The van der Waals surface area contributed by atoms with Crippen LogP contribution in [-0.2, 0) is 17.7 Å². The predicted octanol–water partition coefficient (Wildman–Crippen LogP) is 4.85. The maximum absolute atomic E-state index is 13.2. The predicted molar refractivity (Wildman–Crippen MR) is 139 cm³/mol. The number of anilines is 1. The Kier molecular flexibility index (Phi) is 7.02. The summed E-state index contributed by atoms with van der Waals surface area (Å²) < 4.78 is 20.9. The van der Waals surface area contributed by atoms with Crippen LogP contribution in [0.1, 0.15) is 14.0 Å². The molecular formula is C27H32FN5O2. The minimum Gasteiger partial charge on any atom is -0.379 e. The molecule has 184 valence electrons. The Morgan fingerprint density at radius 1 is 1.09 bits per heavy atom. The summed E-state index contributed by atoms with van der Waals surface area (Å²) in [5.74, 6) is -0.429. The summed E-state index contributed by atoms with van der Waals surface area (Å²) in [4.78, 5) is 18.5. The molecule has 0 saturated carbocycles. The average molecular weight is 478 g/mol. The van der Waals surface area contributed by atoms with Gasteiger partial charge in [0.25, 0.3) is 0 Å². The number of amides is 2. The molecule has 0 spiro atoms. The van der Waals surface area contributed by atoms with Crippen molar-refractivity contribution in [3.05, 3.63) is 90.1 Å². The summed E-state index contributed by atoms with van der Waals surface area (Å²) in [7, 11) is 0. The van der Waals surface area contributed by atoms with Gasteiger partial charge in [-0.1, -0.05) is 18.2 Å². The van der Waals surface area contributed by atoms with Gasteiger partial charge in [-0.05, 0) is 53.9 Å². The number of halogens is 1. The zero-order chi connectivity index (χ0) is 24.0. The van der Waals surface area contributed by atoms with E-state index in [-0.39, 0.29) is 15.4 Å². The molecule has 5 rings (SSSR count). The molecule has 1 aliphatic heterocycles. The molecule has 7 nitrogen and oxygen atoms in total. The van der Waals surface area contributed by atoms with Crippen molar-refractivity contribution >= 4 is 22.6 Å². The van der Waals surface area contributed by atoms with E-state index < -0.39 is 5.82 Å². The van der Waals surface area contributed by atoms with E-state index in [0.717, 1.165) is 56.7 Å².